The van der Waals surface area contributed by atoms with Crippen molar-refractivity contribution in [1.82, 2.24) is 82.5 Å². The monoisotopic (exact) mass is 790 g/mol. The van der Waals surface area contributed by atoms with Gasteiger partial charge in [-0.1, -0.05) is 36.8 Å². The number of carbonyl (C=O) groups excluding carboxylic acids is 3. The van der Waals surface area contributed by atoms with Crippen LogP contribution in [-0.2, 0) is 33.4 Å². The maximum Gasteiger partial charge on any atom is 0.317 e. The van der Waals surface area contributed by atoms with Crippen LogP contribution in [0.3, 0.4) is 0 Å². The highest BCUT2D eigenvalue weighted by Gasteiger charge is 2.27. The number of carboxylic acids is 1. The third kappa shape index (κ3) is 18.8. The first-order chi connectivity index (χ1) is 25.0. The third-order valence-electron chi connectivity index (χ3n) is 5.05. The fourth-order valence-corrected chi connectivity index (χ4v) is 2.97. The topological polar surface area (TPSA) is 390 Å². The number of ether oxygens (including phenoxy) is 3. The van der Waals surface area contributed by atoms with Gasteiger partial charge in [-0.25, -0.2) is 13.1 Å². The van der Waals surface area contributed by atoms with Crippen molar-refractivity contribution in [1.29, 1.82) is 10.5 Å². The fourth-order valence-electron chi connectivity index (χ4n) is 2.74. The second-order valence-corrected chi connectivity index (χ2v) is 8.86. The predicted molar refractivity (Wildman–Crippen MR) is 165 cm³/mol. The molecule has 0 aliphatic heterocycles. The van der Waals surface area contributed by atoms with Crippen LogP contribution >= 0.6 is 15.9 Å². The number of rotatable bonds is 11. The lowest BCUT2D eigenvalue weighted by molar-refractivity contribution is -0.141. The van der Waals surface area contributed by atoms with Gasteiger partial charge in [-0.05, 0) is 0 Å². The van der Waals surface area contributed by atoms with Gasteiger partial charge in [0.25, 0.3) is 6.54 Å². The Bertz CT molecular complexity index is 1640. The number of hydrogen-bond donors (Lipinski definition) is 5. The number of aromatic amines is 4. The first-order valence-corrected chi connectivity index (χ1v) is 14.5. The fraction of sp³-hybridized carbons (Fsp3) is 0.478. The van der Waals surface area contributed by atoms with Crippen LogP contribution in [0.15, 0.2) is 0 Å². The zero-order valence-corrected chi connectivity index (χ0v) is 28.7. The van der Waals surface area contributed by atoms with Gasteiger partial charge >= 0.3 is 29.9 Å². The van der Waals surface area contributed by atoms with Crippen LogP contribution in [0.2, 0.25) is 0 Å². The quantitative estimate of drug-likeness (QED) is 0.0363. The summed E-state index contributed by atoms with van der Waals surface area (Å²) in [6.07, 6.45) is -0.342. The molecule has 0 aliphatic carbocycles. The van der Waals surface area contributed by atoms with E-state index < -0.39 is 35.8 Å². The summed E-state index contributed by atoms with van der Waals surface area (Å²) in [5.41, 5.74) is 0. The third-order valence-corrected chi connectivity index (χ3v) is 5.51. The molecule has 4 aromatic heterocycles. The van der Waals surface area contributed by atoms with E-state index >= 15 is 0 Å². The smallest absolute Gasteiger partial charge is 0.317 e. The number of alkyl halides is 1. The van der Waals surface area contributed by atoms with Crippen molar-refractivity contribution in [3.8, 4) is 12.1 Å². The van der Waals surface area contributed by atoms with Gasteiger partial charge in [-0.15, -0.1) is 40.8 Å². The molecular formula is C23H27BrN20O8. The van der Waals surface area contributed by atoms with Gasteiger partial charge in [0, 0.05) is 0 Å². The van der Waals surface area contributed by atoms with Crippen LogP contribution in [0.5, 0.6) is 0 Å². The van der Waals surface area contributed by atoms with Gasteiger partial charge in [-0.3, -0.25) is 24.0 Å². The molecule has 29 heteroatoms. The SMILES string of the molecule is COC(=O)CBr.COC(=O)CC(c1nn[nH]n1)c1nn[nH]n1.O=C(O)CC(c1nn[nH]n1)c1nn[nH]n1.[C-]#[N+]C(C#N)CC(=O)OC.[C-]#[N+]CC#N. The van der Waals surface area contributed by atoms with Crippen molar-refractivity contribution in [3.63, 3.8) is 0 Å². The number of esters is 3. The highest BCUT2D eigenvalue weighted by atomic mass is 79.9. The molecule has 274 valence electrons. The van der Waals surface area contributed by atoms with Crippen molar-refractivity contribution in [2.45, 2.75) is 37.1 Å². The normalized spacial score (nSPS) is 9.73. The summed E-state index contributed by atoms with van der Waals surface area (Å²) in [5.74, 6) is -2.30. The molecule has 4 heterocycles. The molecule has 0 fully saturated rings. The molecule has 0 amide bonds. The van der Waals surface area contributed by atoms with E-state index in [0.717, 1.165) is 0 Å². The number of carboxylic acid groups (broad SMARTS) is 1. The second-order valence-electron chi connectivity index (χ2n) is 8.30. The molecular weight excluding hydrogens is 764 g/mol. The maximum absolute atomic E-state index is 11.2. The number of halogens is 1. The zero-order valence-electron chi connectivity index (χ0n) is 27.1. The molecule has 1 unspecified atom stereocenters. The van der Waals surface area contributed by atoms with Crippen molar-refractivity contribution < 1.29 is 38.5 Å². The Hall–Kier alpha value is -7.40. The van der Waals surface area contributed by atoms with E-state index in [2.05, 4.69) is 122 Å². The standard InChI is InChI=1S/C6H8N8O2.C6H6N2O2.C5H6N8O2.C3H5BrO2.C3H2N2/c1-16-4(15)2-3(5-7-11-12-8-5)6-9-13-14-10-6;1-8-5(4-7)3-6(9)10-2;14-3(15)1-2(4-6-10-11-7-4)5-8-12-13-9-5;1-6-3(5)2-4;1-5-3-2-4/h3H,2H2,1H3,(H,7,8,11,12)(H,9,10,13,14);5H,3H2,2H3;2H,1H2,(H,14,15)(H,6,7,10,11)(H,8,9,12,13);2H2,1H3;3H2. The van der Waals surface area contributed by atoms with Crippen molar-refractivity contribution in [2.24, 2.45) is 0 Å². The summed E-state index contributed by atoms with van der Waals surface area (Å²) in [6, 6.07) is 2.43. The van der Waals surface area contributed by atoms with Crippen LogP contribution < -0.4 is 0 Å². The molecule has 4 rings (SSSR count). The van der Waals surface area contributed by atoms with E-state index in [9.17, 15) is 19.2 Å². The summed E-state index contributed by atoms with van der Waals surface area (Å²) in [4.78, 5) is 47.8. The van der Waals surface area contributed by atoms with Gasteiger partial charge < -0.3 is 24.2 Å². The van der Waals surface area contributed by atoms with Crippen LogP contribution in [0, 0.1) is 35.8 Å². The first kappa shape index (κ1) is 44.6. The molecule has 1 atom stereocenters. The molecule has 52 heavy (non-hydrogen) atoms. The number of aliphatic carboxylic acids is 1. The van der Waals surface area contributed by atoms with E-state index in [1.165, 1.54) is 21.3 Å². The highest BCUT2D eigenvalue weighted by Crippen LogP contribution is 2.21. The van der Waals surface area contributed by atoms with Gasteiger partial charge in [0.1, 0.15) is 17.8 Å². The summed E-state index contributed by atoms with van der Waals surface area (Å²) < 4.78 is 13.0. The lowest BCUT2D eigenvalue weighted by Crippen LogP contribution is -2.13. The van der Waals surface area contributed by atoms with Crippen molar-refractivity contribution in [2.75, 3.05) is 33.2 Å². The largest absolute Gasteiger partial charge is 0.481 e. The molecule has 0 aliphatic rings. The van der Waals surface area contributed by atoms with Gasteiger partial charge in [-0.2, -0.15) is 31.4 Å². The average Bonchev–Trinajstić information content (AvgIpc) is 4.01. The number of nitrogens with zero attached hydrogens (tertiary/aromatic N) is 16. The predicted octanol–water partition coefficient (Wildman–Crippen LogP) is -1.93. The number of aromatic nitrogens is 16. The van der Waals surface area contributed by atoms with Crippen LogP contribution in [0.25, 0.3) is 9.69 Å². The summed E-state index contributed by atoms with van der Waals surface area (Å²) in [6.45, 7) is 12.4. The summed E-state index contributed by atoms with van der Waals surface area (Å²) >= 11 is 2.90. The van der Waals surface area contributed by atoms with Gasteiger partial charge in [0.05, 0.1) is 46.0 Å². The molecule has 0 spiro atoms. The van der Waals surface area contributed by atoms with Crippen molar-refractivity contribution in [3.05, 3.63) is 46.1 Å². The molecule has 0 bridgehead atoms. The maximum atomic E-state index is 11.2. The van der Waals surface area contributed by atoms with Gasteiger partial charge in [0.2, 0.25) is 0 Å². The number of nitrogens with one attached hydrogen (secondary N) is 4. The molecule has 4 aromatic rings. The van der Waals surface area contributed by atoms with Crippen LogP contribution in [0.4, 0.5) is 0 Å². The summed E-state index contributed by atoms with van der Waals surface area (Å²) in [7, 11) is 3.87. The van der Waals surface area contributed by atoms with E-state index in [1.807, 2.05) is 0 Å². The van der Waals surface area contributed by atoms with Crippen molar-refractivity contribution >= 4 is 39.8 Å². The minimum absolute atomic E-state index is 0.0139. The lowest BCUT2D eigenvalue weighted by atomic mass is 10.0. The number of hydrogen-bond acceptors (Lipinski definition) is 21. The average molecular weight is 792 g/mol. The Morgan fingerprint density at radius 1 is 0.731 bits per heavy atom. The molecule has 5 N–H and O–H groups in total. The second kappa shape index (κ2) is 27.5. The van der Waals surface area contributed by atoms with E-state index in [1.54, 1.807) is 12.1 Å². The first-order valence-electron chi connectivity index (χ1n) is 13.4. The Morgan fingerprint density at radius 3 is 1.33 bits per heavy atom. The van der Waals surface area contributed by atoms with E-state index in [4.69, 9.17) is 28.8 Å². The number of tetrazole rings is 4. The molecule has 0 saturated carbocycles. The minimum atomic E-state index is -1.01. The van der Waals surface area contributed by atoms with E-state index in [0.29, 0.717) is 11.6 Å². The Labute approximate surface area is 299 Å². The summed E-state index contributed by atoms with van der Waals surface area (Å²) in [5, 5.41) is 77.3. The molecule has 0 aromatic carbocycles. The minimum Gasteiger partial charge on any atom is -0.481 e. The number of H-pyrrole nitrogens is 4. The van der Waals surface area contributed by atoms with Gasteiger partial charge in [0.15, 0.2) is 29.4 Å². The van der Waals surface area contributed by atoms with Crippen LogP contribution in [0.1, 0.15) is 54.4 Å². The molecule has 0 radical (unpaired) electrons. The molecule has 0 saturated heterocycles. The Balaban J connectivity index is 0.000000669. The highest BCUT2D eigenvalue weighted by molar-refractivity contribution is 9.09. The Kier molecular flexibility index (Phi) is 23.6. The Morgan fingerprint density at radius 2 is 1.12 bits per heavy atom. The molecule has 28 nitrogen and oxygen atoms in total. The lowest BCUT2D eigenvalue weighted by Gasteiger charge is -2.06. The number of nitriles is 2. The zero-order chi connectivity index (χ0) is 39.1. The van der Waals surface area contributed by atoms with Crippen LogP contribution in [-0.4, -0.2) is 151 Å². The number of carbonyl (C=O) groups is 4. The number of methoxy groups -OCH3 is 3. The van der Waals surface area contributed by atoms with E-state index in [-0.39, 0.29) is 48.8 Å².